The van der Waals surface area contributed by atoms with E-state index >= 15 is 0 Å². The molecule has 0 aromatic heterocycles. The normalized spacial score (nSPS) is 47.2. The van der Waals surface area contributed by atoms with Crippen LogP contribution in [0.2, 0.25) is 0 Å². The highest BCUT2D eigenvalue weighted by molar-refractivity contribution is 5.31. The SMILES string of the molecule is CC1=C2CC(C)(C)C[C@H]2C[C@]2(C)CCC12. The van der Waals surface area contributed by atoms with Crippen LogP contribution in [0.1, 0.15) is 59.8 Å². The maximum Gasteiger partial charge on any atom is -0.0149 e. The summed E-state index contributed by atoms with van der Waals surface area (Å²) in [5.41, 5.74) is 4.94. The summed E-state index contributed by atoms with van der Waals surface area (Å²) in [5.74, 6) is 1.90. The smallest absolute Gasteiger partial charge is 0.0149 e. The van der Waals surface area contributed by atoms with E-state index in [2.05, 4.69) is 27.7 Å². The molecule has 84 valence electrons. The Balaban J connectivity index is 1.99. The van der Waals surface area contributed by atoms with Crippen LogP contribution in [0.25, 0.3) is 0 Å². The molecule has 1 unspecified atom stereocenters. The number of hydrogen-bond acceptors (Lipinski definition) is 0. The number of rotatable bonds is 0. The molecular formula is C15H24. The van der Waals surface area contributed by atoms with Gasteiger partial charge >= 0.3 is 0 Å². The van der Waals surface area contributed by atoms with Gasteiger partial charge in [-0.25, -0.2) is 0 Å². The summed E-state index contributed by atoms with van der Waals surface area (Å²) in [6, 6.07) is 0. The van der Waals surface area contributed by atoms with Crippen LogP contribution in [0.15, 0.2) is 11.1 Å². The van der Waals surface area contributed by atoms with E-state index in [0.29, 0.717) is 10.8 Å². The Labute approximate surface area is 94.1 Å². The molecule has 0 heterocycles. The molecule has 0 N–H and O–H groups in total. The van der Waals surface area contributed by atoms with E-state index in [9.17, 15) is 0 Å². The lowest BCUT2D eigenvalue weighted by Crippen LogP contribution is -2.43. The van der Waals surface area contributed by atoms with Crippen LogP contribution in [0.5, 0.6) is 0 Å². The third kappa shape index (κ3) is 1.26. The largest absolute Gasteiger partial charge is 0.0702 e. The van der Waals surface area contributed by atoms with E-state index in [1.165, 1.54) is 32.1 Å². The van der Waals surface area contributed by atoms with E-state index in [1.807, 2.05) is 5.57 Å². The zero-order valence-electron chi connectivity index (χ0n) is 10.7. The summed E-state index contributed by atoms with van der Waals surface area (Å²) in [6.07, 6.45) is 7.28. The van der Waals surface area contributed by atoms with E-state index < -0.39 is 0 Å². The van der Waals surface area contributed by atoms with Crippen molar-refractivity contribution >= 4 is 0 Å². The predicted octanol–water partition coefficient (Wildman–Crippen LogP) is 4.56. The van der Waals surface area contributed by atoms with Gasteiger partial charge in [-0.2, -0.15) is 0 Å². The summed E-state index contributed by atoms with van der Waals surface area (Å²) in [6.45, 7) is 9.88. The molecule has 2 saturated carbocycles. The van der Waals surface area contributed by atoms with Crippen LogP contribution in [0.3, 0.4) is 0 Å². The molecule has 3 rings (SSSR count). The van der Waals surface area contributed by atoms with Crippen molar-refractivity contribution in [1.29, 1.82) is 0 Å². The summed E-state index contributed by atoms with van der Waals surface area (Å²) in [7, 11) is 0. The Morgan fingerprint density at radius 1 is 1.13 bits per heavy atom. The number of hydrogen-bond donors (Lipinski definition) is 0. The second-order valence-corrected chi connectivity index (χ2v) is 7.40. The summed E-state index contributed by atoms with van der Waals surface area (Å²) >= 11 is 0. The molecule has 2 fully saturated rings. The third-order valence-electron chi connectivity index (χ3n) is 5.55. The first kappa shape index (κ1) is 9.93. The molecule has 3 atom stereocenters. The van der Waals surface area contributed by atoms with Gasteiger partial charge in [-0.3, -0.25) is 0 Å². The van der Waals surface area contributed by atoms with Gasteiger partial charge < -0.3 is 0 Å². The van der Waals surface area contributed by atoms with Gasteiger partial charge in [0.25, 0.3) is 0 Å². The highest BCUT2D eigenvalue weighted by atomic mass is 14.6. The highest BCUT2D eigenvalue weighted by Gasteiger charge is 2.52. The Kier molecular flexibility index (Phi) is 1.79. The van der Waals surface area contributed by atoms with Gasteiger partial charge in [0.1, 0.15) is 0 Å². The lowest BCUT2D eigenvalue weighted by molar-refractivity contribution is 0.0390. The van der Waals surface area contributed by atoms with Gasteiger partial charge in [0.05, 0.1) is 0 Å². The summed E-state index contributed by atoms with van der Waals surface area (Å²) in [5, 5.41) is 0. The van der Waals surface area contributed by atoms with Crippen molar-refractivity contribution in [3.05, 3.63) is 11.1 Å². The van der Waals surface area contributed by atoms with Crippen molar-refractivity contribution in [2.75, 3.05) is 0 Å². The summed E-state index contributed by atoms with van der Waals surface area (Å²) < 4.78 is 0. The summed E-state index contributed by atoms with van der Waals surface area (Å²) in [4.78, 5) is 0. The molecule has 0 aromatic carbocycles. The topological polar surface area (TPSA) is 0 Å². The van der Waals surface area contributed by atoms with E-state index in [1.54, 1.807) is 5.57 Å². The van der Waals surface area contributed by atoms with Crippen LogP contribution in [-0.4, -0.2) is 0 Å². The Morgan fingerprint density at radius 3 is 2.47 bits per heavy atom. The van der Waals surface area contributed by atoms with Crippen molar-refractivity contribution in [2.24, 2.45) is 22.7 Å². The molecule has 0 spiro atoms. The molecule has 0 radical (unpaired) electrons. The minimum Gasteiger partial charge on any atom is -0.0702 e. The predicted molar refractivity (Wildman–Crippen MR) is 64.7 cm³/mol. The monoisotopic (exact) mass is 204 g/mol. The zero-order valence-corrected chi connectivity index (χ0v) is 10.7. The first-order valence-electron chi connectivity index (χ1n) is 6.61. The zero-order chi connectivity index (χ0) is 10.8. The van der Waals surface area contributed by atoms with Crippen molar-refractivity contribution in [2.45, 2.75) is 59.8 Å². The number of allylic oxidation sites excluding steroid dienone is 2. The molecule has 15 heavy (non-hydrogen) atoms. The maximum atomic E-state index is 2.53. The molecule has 3 aliphatic rings. The lowest BCUT2D eigenvalue weighted by Gasteiger charge is -2.53. The molecule has 0 nitrogen and oxygen atoms in total. The van der Waals surface area contributed by atoms with E-state index in [0.717, 1.165) is 11.8 Å². The van der Waals surface area contributed by atoms with Crippen LogP contribution < -0.4 is 0 Å². The molecule has 0 saturated heterocycles. The molecule has 0 bridgehead atoms. The molecule has 0 amide bonds. The number of fused-ring (bicyclic) bond motifs is 2. The van der Waals surface area contributed by atoms with Gasteiger partial charge in [0.2, 0.25) is 0 Å². The fourth-order valence-electron chi connectivity index (χ4n) is 4.73. The van der Waals surface area contributed by atoms with Gasteiger partial charge in [0.15, 0.2) is 0 Å². The molecule has 0 aliphatic heterocycles. The van der Waals surface area contributed by atoms with Crippen LogP contribution in [0.4, 0.5) is 0 Å². The fourth-order valence-corrected chi connectivity index (χ4v) is 4.73. The first-order chi connectivity index (χ1) is 6.91. The Morgan fingerprint density at radius 2 is 1.87 bits per heavy atom. The van der Waals surface area contributed by atoms with Crippen molar-refractivity contribution < 1.29 is 0 Å². The van der Waals surface area contributed by atoms with Gasteiger partial charge in [-0.05, 0) is 61.7 Å². The minimum absolute atomic E-state index is 0.585. The molecule has 3 aliphatic carbocycles. The Hall–Kier alpha value is -0.260. The first-order valence-corrected chi connectivity index (χ1v) is 6.61. The quantitative estimate of drug-likeness (QED) is 0.507. The van der Waals surface area contributed by atoms with Crippen LogP contribution in [0, 0.1) is 22.7 Å². The van der Waals surface area contributed by atoms with Gasteiger partial charge in [0, 0.05) is 0 Å². The van der Waals surface area contributed by atoms with E-state index in [-0.39, 0.29) is 0 Å². The third-order valence-corrected chi connectivity index (χ3v) is 5.55. The van der Waals surface area contributed by atoms with Crippen molar-refractivity contribution in [1.82, 2.24) is 0 Å². The fraction of sp³-hybridized carbons (Fsp3) is 0.867. The highest BCUT2D eigenvalue weighted by Crippen LogP contribution is 2.63. The maximum absolute atomic E-state index is 2.53. The Bertz CT molecular complexity index is 334. The van der Waals surface area contributed by atoms with Crippen LogP contribution >= 0.6 is 0 Å². The van der Waals surface area contributed by atoms with Crippen molar-refractivity contribution in [3.8, 4) is 0 Å². The molecule has 0 heteroatoms. The lowest BCUT2D eigenvalue weighted by atomic mass is 9.52. The van der Waals surface area contributed by atoms with E-state index in [4.69, 9.17) is 0 Å². The van der Waals surface area contributed by atoms with Crippen molar-refractivity contribution in [3.63, 3.8) is 0 Å². The minimum atomic E-state index is 0.585. The van der Waals surface area contributed by atoms with Gasteiger partial charge in [-0.15, -0.1) is 0 Å². The van der Waals surface area contributed by atoms with Gasteiger partial charge in [-0.1, -0.05) is 31.9 Å². The standard InChI is InChI=1S/C15H24/c1-10-12-9-14(2,3)7-11(12)8-15(4)6-5-13(10)15/h11,13H,5-9H2,1-4H3/t11-,13?,15-/m0/s1. The second-order valence-electron chi connectivity index (χ2n) is 7.40. The molecule has 0 aromatic rings. The second kappa shape index (κ2) is 2.70. The molecular weight excluding hydrogens is 180 g/mol. The average Bonchev–Trinajstić information content (AvgIpc) is 2.37. The van der Waals surface area contributed by atoms with Crippen LogP contribution in [-0.2, 0) is 0 Å². The average molecular weight is 204 g/mol.